The molecule has 0 spiro atoms. The number of carbonyl (C=O) groups is 2. The number of rotatable bonds is 10. The average molecular weight is 480 g/mol. The zero-order chi connectivity index (χ0) is 22.4. The van der Waals surface area contributed by atoms with E-state index in [1.807, 2.05) is 12.1 Å². The Bertz CT molecular complexity index is 1030. The van der Waals surface area contributed by atoms with Crippen molar-refractivity contribution >= 4 is 57.1 Å². The van der Waals surface area contributed by atoms with Crippen molar-refractivity contribution in [3.8, 4) is 5.75 Å². The lowest BCUT2D eigenvalue weighted by Crippen LogP contribution is -2.29. The largest absolute Gasteiger partial charge is 0.496 e. The number of aliphatic carboxylic acids is 1. The fraction of sp³-hybridized carbons (Fsp3) is 0.286. The molecule has 1 N–H and O–H groups in total. The van der Waals surface area contributed by atoms with Crippen LogP contribution in [0, 0.1) is 0 Å². The molecule has 3 rings (SSSR count). The van der Waals surface area contributed by atoms with Gasteiger partial charge in [-0.3, -0.25) is 18.7 Å². The van der Waals surface area contributed by atoms with Crippen LogP contribution in [0.2, 0.25) is 0 Å². The van der Waals surface area contributed by atoms with E-state index in [2.05, 4.69) is 0 Å². The first-order chi connectivity index (χ1) is 14.9. The standard InChI is InChI=1S/C21H21NO6S3/c1-27-17-7-6-14(10-15(17)12-31(26)13-16-4-3-9-28-16)11-18-20(25)22(21(29)30-18)8-2-5-19(23)24/h3-4,6-7,9-11H,2,5,8,12-13H2,1H3,(H,23,24)/b18-11+. The number of methoxy groups -OCH3 is 1. The van der Waals surface area contributed by atoms with Gasteiger partial charge in [0.25, 0.3) is 5.91 Å². The molecule has 164 valence electrons. The zero-order valence-corrected chi connectivity index (χ0v) is 19.2. The summed E-state index contributed by atoms with van der Waals surface area (Å²) in [5.74, 6) is 0.707. The molecule has 1 saturated heterocycles. The van der Waals surface area contributed by atoms with Gasteiger partial charge in [0.15, 0.2) is 0 Å². The summed E-state index contributed by atoms with van der Waals surface area (Å²) in [6.07, 6.45) is 3.59. The molecule has 2 heterocycles. The van der Waals surface area contributed by atoms with Gasteiger partial charge in [-0.05, 0) is 42.3 Å². The SMILES string of the molecule is COc1ccc(/C=C2/SC(=S)N(CCCC(=O)O)C2=O)cc1CS(=O)Cc1ccco1. The van der Waals surface area contributed by atoms with Crippen molar-refractivity contribution in [2.75, 3.05) is 13.7 Å². The van der Waals surface area contributed by atoms with Crippen LogP contribution < -0.4 is 4.74 Å². The highest BCUT2D eigenvalue weighted by Crippen LogP contribution is 2.33. The number of amides is 1. The van der Waals surface area contributed by atoms with Crippen LogP contribution in [0.25, 0.3) is 6.08 Å². The fourth-order valence-electron chi connectivity index (χ4n) is 3.01. The predicted molar refractivity (Wildman–Crippen MR) is 124 cm³/mol. The molecule has 1 aromatic heterocycles. The van der Waals surface area contributed by atoms with Gasteiger partial charge >= 0.3 is 5.97 Å². The van der Waals surface area contributed by atoms with E-state index in [0.717, 1.165) is 11.1 Å². The maximum absolute atomic E-state index is 12.7. The fourth-order valence-corrected chi connectivity index (χ4v) is 5.48. The summed E-state index contributed by atoms with van der Waals surface area (Å²) >= 11 is 6.46. The van der Waals surface area contributed by atoms with Crippen LogP contribution in [-0.2, 0) is 31.9 Å². The smallest absolute Gasteiger partial charge is 0.303 e. The summed E-state index contributed by atoms with van der Waals surface area (Å²) in [6.45, 7) is 0.272. The summed E-state index contributed by atoms with van der Waals surface area (Å²) in [7, 11) is 0.358. The van der Waals surface area contributed by atoms with Crippen molar-refractivity contribution in [1.29, 1.82) is 0 Å². The molecule has 1 aliphatic heterocycles. The van der Waals surface area contributed by atoms with Crippen molar-refractivity contribution in [2.45, 2.75) is 24.3 Å². The Kier molecular flexibility index (Phi) is 8.05. The van der Waals surface area contributed by atoms with Crippen molar-refractivity contribution in [3.63, 3.8) is 0 Å². The predicted octanol–water partition coefficient (Wildman–Crippen LogP) is 3.80. The molecular formula is C21H21NO6S3. The molecule has 1 aliphatic rings. The van der Waals surface area contributed by atoms with E-state index in [-0.39, 0.29) is 24.6 Å². The maximum atomic E-state index is 12.7. The monoisotopic (exact) mass is 479 g/mol. The number of thiocarbonyl (C=S) groups is 1. The van der Waals surface area contributed by atoms with Gasteiger partial charge in [0.1, 0.15) is 15.8 Å². The Morgan fingerprint density at radius 2 is 2.16 bits per heavy atom. The third-order valence-corrected chi connectivity index (χ3v) is 7.07. The minimum absolute atomic E-state index is 0.0207. The van der Waals surface area contributed by atoms with E-state index in [4.69, 9.17) is 26.5 Å². The second kappa shape index (κ2) is 10.7. The highest BCUT2D eigenvalue weighted by atomic mass is 32.2. The molecule has 0 aliphatic carbocycles. The van der Waals surface area contributed by atoms with E-state index in [0.29, 0.717) is 32.9 Å². The lowest BCUT2D eigenvalue weighted by Gasteiger charge is -2.13. The van der Waals surface area contributed by atoms with Gasteiger partial charge in [-0.15, -0.1) is 0 Å². The minimum atomic E-state index is -1.19. The van der Waals surface area contributed by atoms with Gasteiger partial charge in [-0.1, -0.05) is 30.0 Å². The lowest BCUT2D eigenvalue weighted by atomic mass is 10.1. The van der Waals surface area contributed by atoms with Crippen LogP contribution in [0.15, 0.2) is 45.9 Å². The van der Waals surface area contributed by atoms with Gasteiger partial charge in [-0.2, -0.15) is 0 Å². The zero-order valence-electron chi connectivity index (χ0n) is 16.7. The highest BCUT2D eigenvalue weighted by Gasteiger charge is 2.31. The molecule has 7 nitrogen and oxygen atoms in total. The molecule has 2 aromatic rings. The molecule has 1 amide bonds. The number of thioether (sulfide) groups is 1. The Balaban J connectivity index is 1.73. The van der Waals surface area contributed by atoms with Crippen LogP contribution >= 0.6 is 24.0 Å². The van der Waals surface area contributed by atoms with Gasteiger partial charge in [-0.25, -0.2) is 0 Å². The topological polar surface area (TPSA) is 97.0 Å². The molecule has 1 fully saturated rings. The summed E-state index contributed by atoms with van der Waals surface area (Å²) < 4.78 is 23.6. The van der Waals surface area contributed by atoms with Gasteiger partial charge in [0, 0.05) is 29.3 Å². The third-order valence-electron chi connectivity index (χ3n) is 4.45. The number of nitrogens with zero attached hydrogens (tertiary/aromatic N) is 1. The van der Waals surface area contributed by atoms with Crippen LogP contribution in [0.3, 0.4) is 0 Å². The van der Waals surface area contributed by atoms with Crippen LogP contribution in [-0.4, -0.2) is 44.1 Å². The van der Waals surface area contributed by atoms with E-state index in [1.165, 1.54) is 16.7 Å². The van der Waals surface area contributed by atoms with Gasteiger partial charge in [0.2, 0.25) is 0 Å². The summed E-state index contributed by atoms with van der Waals surface area (Å²) in [5, 5.41) is 8.78. The Hall–Kier alpha value is -2.43. The van der Waals surface area contributed by atoms with Gasteiger partial charge < -0.3 is 14.3 Å². The first-order valence-corrected chi connectivity index (χ1v) is 12.1. The number of ether oxygens (including phenoxy) is 1. The van der Waals surface area contributed by atoms with Crippen LogP contribution in [0.5, 0.6) is 5.75 Å². The van der Waals surface area contributed by atoms with Crippen molar-refractivity contribution in [2.24, 2.45) is 0 Å². The number of hydrogen-bond donors (Lipinski definition) is 1. The Labute approximate surface area is 191 Å². The molecule has 0 bridgehead atoms. The third kappa shape index (κ3) is 6.28. The van der Waals surface area contributed by atoms with Crippen LogP contribution in [0.1, 0.15) is 29.7 Å². The molecule has 1 atom stereocenters. The first kappa shape index (κ1) is 23.2. The second-order valence-corrected chi connectivity index (χ2v) is 9.84. The number of carbonyl (C=O) groups excluding carboxylic acids is 1. The van der Waals surface area contributed by atoms with Crippen molar-refractivity contribution in [3.05, 3.63) is 58.4 Å². The minimum Gasteiger partial charge on any atom is -0.496 e. The number of hydrogen-bond acceptors (Lipinski definition) is 7. The van der Waals surface area contributed by atoms with Crippen molar-refractivity contribution in [1.82, 2.24) is 4.90 Å². The molecule has 0 saturated carbocycles. The number of furan rings is 1. The molecule has 31 heavy (non-hydrogen) atoms. The summed E-state index contributed by atoms with van der Waals surface area (Å²) in [4.78, 5) is 25.3. The van der Waals surface area contributed by atoms with E-state index in [9.17, 15) is 13.8 Å². The molecule has 0 radical (unpaired) electrons. The Morgan fingerprint density at radius 1 is 1.35 bits per heavy atom. The first-order valence-electron chi connectivity index (χ1n) is 9.39. The average Bonchev–Trinajstić information content (AvgIpc) is 3.31. The highest BCUT2D eigenvalue weighted by molar-refractivity contribution is 8.26. The molecule has 1 unspecified atom stereocenters. The summed E-state index contributed by atoms with van der Waals surface area (Å²) in [5.41, 5.74) is 1.52. The van der Waals surface area contributed by atoms with E-state index < -0.39 is 16.8 Å². The summed E-state index contributed by atoms with van der Waals surface area (Å²) in [6, 6.07) is 8.97. The lowest BCUT2D eigenvalue weighted by molar-refractivity contribution is -0.137. The van der Waals surface area contributed by atoms with E-state index >= 15 is 0 Å². The maximum Gasteiger partial charge on any atom is 0.303 e. The van der Waals surface area contributed by atoms with Gasteiger partial charge in [0.05, 0.1) is 29.8 Å². The molecule has 1 aromatic carbocycles. The number of carboxylic acids is 1. The molecular weight excluding hydrogens is 458 g/mol. The normalized spacial score (nSPS) is 16.2. The number of carboxylic acid groups (broad SMARTS) is 1. The van der Waals surface area contributed by atoms with Crippen LogP contribution in [0.4, 0.5) is 0 Å². The van der Waals surface area contributed by atoms with E-state index in [1.54, 1.807) is 37.6 Å². The Morgan fingerprint density at radius 3 is 2.84 bits per heavy atom. The quantitative estimate of drug-likeness (QED) is 0.406. The van der Waals surface area contributed by atoms with Crippen molar-refractivity contribution < 1.29 is 28.1 Å². The second-order valence-electron chi connectivity index (χ2n) is 6.71. The number of benzene rings is 1. The molecule has 10 heteroatoms.